The lowest BCUT2D eigenvalue weighted by molar-refractivity contribution is -0.138. The minimum atomic E-state index is -4.57. The van der Waals surface area contributed by atoms with E-state index in [0.29, 0.717) is 0 Å². The Morgan fingerprint density at radius 2 is 1.70 bits per heavy atom. The predicted octanol–water partition coefficient (Wildman–Crippen LogP) is 3.70. The van der Waals surface area contributed by atoms with Gasteiger partial charge in [0.05, 0.1) is 15.7 Å². The molecule has 0 aliphatic heterocycles. The monoisotopic (exact) mass is 340 g/mol. The molecule has 0 saturated carbocycles. The lowest BCUT2D eigenvalue weighted by Crippen LogP contribution is -2.08. The molecule has 4 nitrogen and oxygen atoms in total. The maximum atomic E-state index is 12.7. The Kier molecular flexibility index (Phi) is 4.74. The summed E-state index contributed by atoms with van der Waals surface area (Å²) in [5.74, 6) is 0. The molecule has 20 heavy (non-hydrogen) atoms. The van der Waals surface area contributed by atoms with Gasteiger partial charge < -0.3 is 5.32 Å². The molecule has 1 rings (SSSR count). The Hall–Kier alpha value is -2.50. The molecule has 8 heteroatoms. The van der Waals surface area contributed by atoms with Gasteiger partial charge in [0.2, 0.25) is 0 Å². The molecular weight excluding hydrogens is 337 g/mol. The van der Waals surface area contributed by atoms with Gasteiger partial charge in [-0.2, -0.15) is 29.0 Å². The smallest absolute Gasteiger partial charge is 0.344 e. The van der Waals surface area contributed by atoms with Crippen molar-refractivity contribution >= 4 is 21.6 Å². The second-order valence-electron chi connectivity index (χ2n) is 3.38. The maximum Gasteiger partial charge on any atom is 0.417 e. The summed E-state index contributed by atoms with van der Waals surface area (Å²) in [7, 11) is 0. The third-order valence-electron chi connectivity index (χ3n) is 2.15. The summed E-state index contributed by atoms with van der Waals surface area (Å²) >= 11 is 2.79. The van der Waals surface area contributed by atoms with E-state index in [1.165, 1.54) is 18.2 Å². The van der Waals surface area contributed by atoms with Crippen LogP contribution in [0.1, 0.15) is 5.56 Å². The van der Waals surface area contributed by atoms with Gasteiger partial charge in [0.25, 0.3) is 0 Å². The van der Waals surface area contributed by atoms with Gasteiger partial charge in [-0.15, -0.1) is 0 Å². The molecule has 0 saturated heterocycles. The fraction of sp³-hybridized carbons (Fsp3) is 0.0833. The molecule has 0 fully saturated rings. The summed E-state index contributed by atoms with van der Waals surface area (Å²) in [6.45, 7) is 0. The first-order chi connectivity index (χ1) is 9.35. The summed E-state index contributed by atoms with van der Waals surface area (Å²) in [5, 5.41) is 28.5. The van der Waals surface area contributed by atoms with Crippen molar-refractivity contribution in [3.05, 3.63) is 39.5 Å². The van der Waals surface area contributed by atoms with Crippen LogP contribution in [0.15, 0.2) is 33.9 Å². The number of nitriles is 3. The molecule has 1 aromatic carbocycles. The van der Waals surface area contributed by atoms with Gasteiger partial charge in [0.15, 0.2) is 5.57 Å². The number of alkyl halides is 3. The molecular formula is C12H4BrF3N4. The number of nitrogens with one attached hydrogen (secondary N) is 1. The van der Waals surface area contributed by atoms with E-state index in [2.05, 4.69) is 21.2 Å². The van der Waals surface area contributed by atoms with E-state index in [1.54, 1.807) is 6.07 Å². The molecule has 0 bridgehead atoms. The number of rotatable bonds is 2. The third kappa shape index (κ3) is 3.28. The van der Waals surface area contributed by atoms with Gasteiger partial charge in [-0.1, -0.05) is 6.07 Å². The Morgan fingerprint density at radius 1 is 1.10 bits per heavy atom. The van der Waals surface area contributed by atoms with Crippen LogP contribution >= 0.6 is 15.9 Å². The van der Waals surface area contributed by atoms with Crippen molar-refractivity contribution in [2.75, 3.05) is 5.32 Å². The Labute approximate surface area is 120 Å². The van der Waals surface area contributed by atoms with Gasteiger partial charge in [0.1, 0.15) is 23.9 Å². The van der Waals surface area contributed by atoms with E-state index in [1.807, 2.05) is 0 Å². The van der Waals surface area contributed by atoms with E-state index >= 15 is 0 Å². The lowest BCUT2D eigenvalue weighted by atomic mass is 10.1. The van der Waals surface area contributed by atoms with Gasteiger partial charge in [-0.25, -0.2) is 0 Å². The van der Waals surface area contributed by atoms with Crippen molar-refractivity contribution in [3.8, 4) is 18.2 Å². The van der Waals surface area contributed by atoms with Crippen molar-refractivity contribution in [1.29, 1.82) is 15.8 Å². The largest absolute Gasteiger partial charge is 0.417 e. The van der Waals surface area contributed by atoms with Gasteiger partial charge in [-0.3, -0.25) is 0 Å². The van der Waals surface area contributed by atoms with Crippen molar-refractivity contribution in [1.82, 2.24) is 0 Å². The van der Waals surface area contributed by atoms with Crippen molar-refractivity contribution < 1.29 is 13.2 Å². The second-order valence-corrected chi connectivity index (χ2v) is 4.17. The number of benzene rings is 1. The van der Waals surface area contributed by atoms with Crippen LogP contribution in [0.25, 0.3) is 0 Å². The first kappa shape index (κ1) is 15.6. The molecule has 0 radical (unpaired) electrons. The van der Waals surface area contributed by atoms with Crippen LogP contribution in [0.5, 0.6) is 0 Å². The molecule has 0 unspecified atom stereocenters. The molecule has 0 aromatic heterocycles. The molecule has 0 aliphatic rings. The highest BCUT2D eigenvalue weighted by Crippen LogP contribution is 2.38. The van der Waals surface area contributed by atoms with Crippen LogP contribution < -0.4 is 5.32 Å². The Bertz CT molecular complexity index is 671. The van der Waals surface area contributed by atoms with Gasteiger partial charge in [-0.05, 0) is 28.1 Å². The highest BCUT2D eigenvalue weighted by Gasteiger charge is 2.33. The van der Waals surface area contributed by atoms with Crippen LogP contribution in [-0.2, 0) is 6.18 Å². The summed E-state index contributed by atoms with van der Waals surface area (Å²) in [6, 6.07) is 7.81. The molecule has 1 N–H and O–H groups in total. The first-order valence-electron chi connectivity index (χ1n) is 4.92. The molecule has 100 valence electrons. The molecule has 1 aromatic rings. The summed E-state index contributed by atoms with van der Waals surface area (Å²) < 4.78 is 37.8. The highest BCUT2D eigenvalue weighted by molar-refractivity contribution is 9.10. The predicted molar refractivity (Wildman–Crippen MR) is 66.6 cm³/mol. The SMILES string of the molecule is N#CC(C#N)=C(C#N)Nc1cccc(C(F)(F)F)c1Br. The van der Waals surface area contributed by atoms with Crippen molar-refractivity contribution in [3.63, 3.8) is 0 Å². The van der Waals surface area contributed by atoms with E-state index in [0.717, 1.165) is 12.1 Å². The van der Waals surface area contributed by atoms with Crippen molar-refractivity contribution in [2.45, 2.75) is 6.18 Å². The molecule has 0 spiro atoms. The number of allylic oxidation sites excluding steroid dienone is 2. The molecule has 0 heterocycles. The topological polar surface area (TPSA) is 83.4 Å². The quantitative estimate of drug-likeness (QED) is 0.832. The summed E-state index contributed by atoms with van der Waals surface area (Å²) in [5.41, 5.74) is -1.94. The number of hydrogen-bond acceptors (Lipinski definition) is 4. The average Bonchev–Trinajstić information content (AvgIpc) is 2.39. The van der Waals surface area contributed by atoms with Crippen LogP contribution in [0.3, 0.4) is 0 Å². The van der Waals surface area contributed by atoms with E-state index in [9.17, 15) is 13.2 Å². The average molecular weight is 341 g/mol. The zero-order valence-corrected chi connectivity index (χ0v) is 11.2. The second kappa shape index (κ2) is 6.10. The van der Waals surface area contributed by atoms with E-state index < -0.39 is 23.0 Å². The van der Waals surface area contributed by atoms with Crippen LogP contribution in [0.2, 0.25) is 0 Å². The van der Waals surface area contributed by atoms with E-state index in [4.69, 9.17) is 15.8 Å². The third-order valence-corrected chi connectivity index (χ3v) is 3.00. The highest BCUT2D eigenvalue weighted by atomic mass is 79.9. The normalized spacial score (nSPS) is 9.85. The number of hydrogen-bond donors (Lipinski definition) is 1. The fourth-order valence-corrected chi connectivity index (χ4v) is 1.85. The van der Waals surface area contributed by atoms with E-state index in [-0.39, 0.29) is 10.2 Å². The zero-order chi connectivity index (χ0) is 15.3. The zero-order valence-electron chi connectivity index (χ0n) is 9.59. The molecule has 0 aliphatic carbocycles. The minimum Gasteiger partial charge on any atom is -0.344 e. The fourth-order valence-electron chi connectivity index (χ4n) is 1.27. The van der Waals surface area contributed by atoms with Crippen LogP contribution in [0, 0.1) is 34.0 Å². The summed E-state index contributed by atoms with van der Waals surface area (Å²) in [6.07, 6.45) is -4.57. The molecule has 0 atom stereocenters. The van der Waals surface area contributed by atoms with Gasteiger partial charge in [0, 0.05) is 0 Å². The first-order valence-corrected chi connectivity index (χ1v) is 5.71. The number of anilines is 1. The van der Waals surface area contributed by atoms with Gasteiger partial charge >= 0.3 is 6.18 Å². The minimum absolute atomic E-state index is 0.0700. The Morgan fingerprint density at radius 3 is 2.15 bits per heavy atom. The summed E-state index contributed by atoms with van der Waals surface area (Å²) in [4.78, 5) is 0. The number of halogens is 4. The molecule has 0 amide bonds. The maximum absolute atomic E-state index is 12.7. The number of nitrogens with zero attached hydrogens (tertiary/aromatic N) is 3. The standard InChI is InChI=1S/C12H4BrF3N4/c13-11-8(12(14,15)16)2-1-3-9(11)20-10(6-19)7(4-17)5-18/h1-3,20H. The van der Waals surface area contributed by atoms with Crippen LogP contribution in [-0.4, -0.2) is 0 Å². The Balaban J connectivity index is 3.33. The lowest BCUT2D eigenvalue weighted by Gasteiger charge is -2.13. The van der Waals surface area contributed by atoms with Crippen molar-refractivity contribution in [2.24, 2.45) is 0 Å². The van der Waals surface area contributed by atoms with Crippen LogP contribution in [0.4, 0.5) is 18.9 Å².